The van der Waals surface area contributed by atoms with Crippen molar-refractivity contribution in [3.05, 3.63) is 48.6 Å². The van der Waals surface area contributed by atoms with Crippen LogP contribution in [-0.2, 0) is 9.68 Å². The van der Waals surface area contributed by atoms with Gasteiger partial charge in [0.15, 0.2) is 0 Å². The molecule has 24 heavy (non-hydrogen) atoms. The summed E-state index contributed by atoms with van der Waals surface area (Å²) < 4.78 is 0. The molecule has 0 aromatic rings. The van der Waals surface area contributed by atoms with Crippen molar-refractivity contribution in [3.63, 3.8) is 0 Å². The molecule has 0 spiro atoms. The molecule has 4 heteroatoms. The van der Waals surface area contributed by atoms with Gasteiger partial charge in [0.25, 0.3) is 0 Å². The van der Waals surface area contributed by atoms with Crippen molar-refractivity contribution < 1.29 is 20.0 Å². The molecule has 2 N–H and O–H groups in total. The first-order chi connectivity index (χ1) is 11.7. The first-order valence-electron chi connectivity index (χ1n) is 8.90. The largest absolute Gasteiger partial charge is 0.478 e. The number of carbonyl (C=O) groups is 1. The molecule has 0 saturated heterocycles. The third-order valence-corrected chi connectivity index (χ3v) is 3.61. The normalized spacial score (nSPS) is 13.8. The van der Waals surface area contributed by atoms with E-state index in [0.717, 1.165) is 51.0 Å². The third kappa shape index (κ3) is 16.7. The summed E-state index contributed by atoms with van der Waals surface area (Å²) in [6.45, 7) is 2.17. The van der Waals surface area contributed by atoms with Gasteiger partial charge in [-0.15, -0.1) is 0 Å². The summed E-state index contributed by atoms with van der Waals surface area (Å²) >= 11 is 0. The van der Waals surface area contributed by atoms with Gasteiger partial charge in [-0.2, -0.15) is 0 Å². The monoisotopic (exact) mass is 336 g/mol. The molecule has 0 aliphatic rings. The lowest BCUT2D eigenvalue weighted by Crippen LogP contribution is -2.10. The Bertz CT molecular complexity index is 408. The van der Waals surface area contributed by atoms with Gasteiger partial charge in [-0.25, -0.2) is 9.68 Å². The number of hydrogen-bond donors (Lipinski definition) is 2. The summed E-state index contributed by atoms with van der Waals surface area (Å²) in [5, 5.41) is 17.3. The van der Waals surface area contributed by atoms with Gasteiger partial charge in [-0.1, -0.05) is 81.6 Å². The van der Waals surface area contributed by atoms with Gasteiger partial charge in [0.2, 0.25) is 0 Å². The molecule has 1 atom stereocenters. The lowest BCUT2D eigenvalue weighted by molar-refractivity contribution is -0.281. The summed E-state index contributed by atoms with van der Waals surface area (Å²) in [4.78, 5) is 14.8. The second kappa shape index (κ2) is 17.7. The maximum Gasteiger partial charge on any atom is 0.328 e. The number of carboxylic acids is 1. The van der Waals surface area contributed by atoms with Crippen LogP contribution in [0.3, 0.4) is 0 Å². The van der Waals surface area contributed by atoms with Crippen molar-refractivity contribution in [2.24, 2.45) is 0 Å². The quantitative estimate of drug-likeness (QED) is 0.133. The van der Waals surface area contributed by atoms with E-state index < -0.39 is 5.97 Å². The van der Waals surface area contributed by atoms with Crippen molar-refractivity contribution in [3.8, 4) is 0 Å². The van der Waals surface area contributed by atoms with Crippen molar-refractivity contribution in [1.82, 2.24) is 0 Å². The predicted molar refractivity (Wildman–Crippen MR) is 98.9 cm³/mol. The molecule has 0 heterocycles. The fourth-order valence-corrected chi connectivity index (χ4v) is 2.25. The highest BCUT2D eigenvalue weighted by Gasteiger charge is 2.07. The number of carboxylic acid groups (broad SMARTS) is 1. The van der Waals surface area contributed by atoms with E-state index >= 15 is 0 Å². The van der Waals surface area contributed by atoms with E-state index in [0.29, 0.717) is 0 Å². The standard InChI is InChI=1S/C20H32O4/c1-2-3-13-16-19(24-23)17-14-11-9-7-5-4-6-8-10-12-15-18-20(21)22/h4-6,8,10,12,15,18-19,23H,2-3,7,9,11,13-14,16-17H2,1H3,(H,21,22)/t19-/m1/s1. The molecular formula is C20H32O4. The molecule has 0 aliphatic heterocycles. The minimum absolute atomic E-state index is 0.00279. The Balaban J connectivity index is 3.59. The van der Waals surface area contributed by atoms with Crippen LogP contribution in [0, 0.1) is 0 Å². The number of allylic oxidation sites excluding steroid dienone is 7. The molecule has 0 bridgehead atoms. The minimum Gasteiger partial charge on any atom is -0.478 e. The zero-order valence-corrected chi connectivity index (χ0v) is 14.8. The highest BCUT2D eigenvalue weighted by molar-refractivity contribution is 5.80. The maximum atomic E-state index is 10.2. The Hall–Kier alpha value is -1.65. The third-order valence-electron chi connectivity index (χ3n) is 3.61. The van der Waals surface area contributed by atoms with Crippen LogP contribution in [0.15, 0.2) is 48.6 Å². The van der Waals surface area contributed by atoms with Gasteiger partial charge in [0.05, 0.1) is 6.10 Å². The number of rotatable bonds is 15. The molecule has 0 amide bonds. The zero-order chi connectivity index (χ0) is 17.9. The van der Waals surface area contributed by atoms with Crippen molar-refractivity contribution in [2.75, 3.05) is 0 Å². The highest BCUT2D eigenvalue weighted by atomic mass is 17.1. The number of aliphatic carboxylic acids is 1. The van der Waals surface area contributed by atoms with Crippen LogP contribution in [-0.4, -0.2) is 22.4 Å². The Labute approximate surface area is 146 Å². The van der Waals surface area contributed by atoms with Crippen molar-refractivity contribution in [2.45, 2.75) is 70.8 Å². The summed E-state index contributed by atoms with van der Waals surface area (Å²) in [5.41, 5.74) is 0. The lowest BCUT2D eigenvalue weighted by Gasteiger charge is -2.12. The molecule has 0 aromatic carbocycles. The zero-order valence-electron chi connectivity index (χ0n) is 14.8. The number of hydrogen-bond acceptors (Lipinski definition) is 3. The van der Waals surface area contributed by atoms with Crippen LogP contribution < -0.4 is 0 Å². The molecule has 136 valence electrons. The summed E-state index contributed by atoms with van der Waals surface area (Å²) in [7, 11) is 0. The van der Waals surface area contributed by atoms with Gasteiger partial charge in [-0.3, -0.25) is 5.26 Å². The summed E-state index contributed by atoms with van der Waals surface area (Å²) in [5.74, 6) is -0.943. The van der Waals surface area contributed by atoms with E-state index in [9.17, 15) is 4.79 Å². The maximum absolute atomic E-state index is 10.2. The van der Waals surface area contributed by atoms with Crippen molar-refractivity contribution in [1.29, 1.82) is 0 Å². The van der Waals surface area contributed by atoms with Gasteiger partial charge < -0.3 is 5.11 Å². The SMILES string of the molecule is CCCCC[C@H](CCCCCC=CC=CC=CC=CC(=O)O)OO. The van der Waals surface area contributed by atoms with E-state index in [2.05, 4.69) is 17.9 Å². The van der Waals surface area contributed by atoms with Gasteiger partial charge in [0.1, 0.15) is 0 Å². The Kier molecular flexibility index (Phi) is 16.5. The van der Waals surface area contributed by atoms with E-state index in [-0.39, 0.29) is 6.10 Å². The first kappa shape index (κ1) is 22.4. The Morgan fingerprint density at radius 1 is 0.917 bits per heavy atom. The molecule has 0 radical (unpaired) electrons. The van der Waals surface area contributed by atoms with E-state index in [1.165, 1.54) is 18.9 Å². The van der Waals surface area contributed by atoms with Crippen molar-refractivity contribution >= 4 is 5.97 Å². The molecule has 0 saturated carbocycles. The van der Waals surface area contributed by atoms with E-state index in [1.807, 2.05) is 18.2 Å². The fraction of sp³-hybridized carbons (Fsp3) is 0.550. The Morgan fingerprint density at radius 3 is 2.17 bits per heavy atom. The first-order valence-corrected chi connectivity index (χ1v) is 8.90. The van der Waals surface area contributed by atoms with Crippen LogP contribution in [0.25, 0.3) is 0 Å². The summed E-state index contributed by atoms with van der Waals surface area (Å²) in [6, 6.07) is 0. The molecule has 0 aromatic heterocycles. The predicted octanol–water partition coefficient (Wildman–Crippen LogP) is 5.68. The lowest BCUT2D eigenvalue weighted by atomic mass is 10.0. The van der Waals surface area contributed by atoms with Crippen LogP contribution >= 0.6 is 0 Å². The summed E-state index contributed by atoms with van der Waals surface area (Å²) in [6.07, 6.45) is 23.7. The second-order valence-electron chi connectivity index (χ2n) is 5.76. The van der Waals surface area contributed by atoms with E-state index in [1.54, 1.807) is 12.2 Å². The molecular weight excluding hydrogens is 304 g/mol. The topological polar surface area (TPSA) is 66.8 Å². The molecule has 0 unspecified atom stereocenters. The minimum atomic E-state index is -0.943. The smallest absolute Gasteiger partial charge is 0.328 e. The highest BCUT2D eigenvalue weighted by Crippen LogP contribution is 2.14. The molecule has 0 fully saturated rings. The second-order valence-corrected chi connectivity index (χ2v) is 5.76. The fourth-order valence-electron chi connectivity index (χ4n) is 2.25. The van der Waals surface area contributed by atoms with Crippen LogP contribution in [0.5, 0.6) is 0 Å². The average Bonchev–Trinajstić information content (AvgIpc) is 2.57. The van der Waals surface area contributed by atoms with E-state index in [4.69, 9.17) is 10.4 Å². The molecule has 4 nitrogen and oxygen atoms in total. The van der Waals surface area contributed by atoms with Crippen LogP contribution in [0.1, 0.15) is 64.7 Å². The average molecular weight is 336 g/mol. The Morgan fingerprint density at radius 2 is 1.54 bits per heavy atom. The van der Waals surface area contributed by atoms with Crippen LogP contribution in [0.4, 0.5) is 0 Å². The van der Waals surface area contributed by atoms with Crippen LogP contribution in [0.2, 0.25) is 0 Å². The molecule has 0 aliphatic carbocycles. The molecule has 0 rings (SSSR count). The van der Waals surface area contributed by atoms with Gasteiger partial charge >= 0.3 is 5.97 Å². The number of unbranched alkanes of at least 4 members (excludes halogenated alkanes) is 5. The van der Waals surface area contributed by atoms with Gasteiger partial charge in [0, 0.05) is 6.08 Å². The van der Waals surface area contributed by atoms with Gasteiger partial charge in [-0.05, 0) is 25.7 Å².